The van der Waals surface area contributed by atoms with Gasteiger partial charge in [0, 0.05) is 5.92 Å². The number of amides is 1. The first-order valence-corrected chi connectivity index (χ1v) is 9.93. The van der Waals surface area contributed by atoms with E-state index in [0.29, 0.717) is 21.5 Å². The minimum absolute atomic E-state index is 0. The summed E-state index contributed by atoms with van der Waals surface area (Å²) in [6, 6.07) is 1.44. The molecule has 1 atom stereocenters. The molecule has 4 N–H and O–H groups in total. The highest BCUT2D eigenvalue weighted by Gasteiger charge is 2.27. The molecule has 3 rings (SSSR count). The maximum atomic E-state index is 12.8. The molecule has 29 heavy (non-hydrogen) atoms. The second-order valence-corrected chi connectivity index (χ2v) is 8.23. The molecular weight excluding hydrogens is 437 g/mol. The van der Waals surface area contributed by atoms with E-state index in [2.05, 4.69) is 20.8 Å². The molecule has 0 aromatic carbocycles. The number of nitrogens with one attached hydrogen (secondary N) is 2. The summed E-state index contributed by atoms with van der Waals surface area (Å²) in [6.07, 6.45) is 1.84. The van der Waals surface area contributed by atoms with Crippen LogP contribution in [0.3, 0.4) is 0 Å². The molecule has 0 saturated carbocycles. The van der Waals surface area contributed by atoms with Crippen molar-refractivity contribution in [1.29, 1.82) is 0 Å². The lowest BCUT2D eigenvalue weighted by atomic mass is 9.94. The third kappa shape index (κ3) is 5.91. The molecule has 0 spiro atoms. The fraction of sp³-hybridized carbons (Fsp3) is 0.556. The molecule has 1 saturated heterocycles. The van der Waals surface area contributed by atoms with Gasteiger partial charge >= 0.3 is 5.63 Å². The number of piperidine rings is 1. The van der Waals surface area contributed by atoms with E-state index in [1.807, 2.05) is 19.9 Å². The van der Waals surface area contributed by atoms with Gasteiger partial charge in [-0.2, -0.15) is 0 Å². The Morgan fingerprint density at radius 1 is 1.31 bits per heavy atom. The van der Waals surface area contributed by atoms with Crippen LogP contribution in [0.2, 0.25) is 0 Å². The van der Waals surface area contributed by atoms with Crippen LogP contribution >= 0.6 is 36.2 Å². The molecule has 0 radical (unpaired) electrons. The summed E-state index contributed by atoms with van der Waals surface area (Å²) in [5.41, 5.74) is 5.72. The van der Waals surface area contributed by atoms with Crippen molar-refractivity contribution in [3.8, 4) is 0 Å². The van der Waals surface area contributed by atoms with E-state index in [9.17, 15) is 9.59 Å². The van der Waals surface area contributed by atoms with Crippen molar-refractivity contribution in [3.05, 3.63) is 38.4 Å². The van der Waals surface area contributed by atoms with Crippen LogP contribution in [-0.4, -0.2) is 29.2 Å². The molecule has 3 heterocycles. The maximum absolute atomic E-state index is 12.8. The molecule has 1 aliphatic rings. The fourth-order valence-electron chi connectivity index (χ4n) is 3.31. The molecule has 0 bridgehead atoms. The van der Waals surface area contributed by atoms with E-state index in [4.69, 9.17) is 10.2 Å². The standard InChI is InChI=1S/C18H25N5O3S.2ClH/c1-9(2)14(16-22-23-18(19)27-16)21-15(24)13-10(3)8-12(26-17(13)25)11-4-6-20-7-5-11;;/h8-9,11,14,20H,4-7H2,1-3H3,(H2,19,23)(H,21,24);2*1H. The summed E-state index contributed by atoms with van der Waals surface area (Å²) in [5.74, 6) is 0.462. The van der Waals surface area contributed by atoms with Gasteiger partial charge in [-0.05, 0) is 50.4 Å². The highest BCUT2D eigenvalue weighted by atomic mass is 35.5. The second kappa shape index (κ2) is 10.9. The van der Waals surface area contributed by atoms with Crippen molar-refractivity contribution < 1.29 is 9.21 Å². The van der Waals surface area contributed by atoms with Gasteiger partial charge in [0.15, 0.2) is 0 Å². The Hall–Kier alpha value is -1.68. The van der Waals surface area contributed by atoms with Gasteiger partial charge in [0.2, 0.25) is 5.13 Å². The number of carbonyl (C=O) groups is 1. The first-order valence-electron chi connectivity index (χ1n) is 9.12. The van der Waals surface area contributed by atoms with Crippen molar-refractivity contribution in [2.75, 3.05) is 18.8 Å². The number of rotatable bonds is 5. The summed E-state index contributed by atoms with van der Waals surface area (Å²) >= 11 is 1.22. The lowest BCUT2D eigenvalue weighted by molar-refractivity contribution is 0.0920. The zero-order valence-corrected chi connectivity index (χ0v) is 19.0. The van der Waals surface area contributed by atoms with Gasteiger partial charge < -0.3 is 20.8 Å². The second-order valence-electron chi connectivity index (χ2n) is 7.19. The normalized spacial score (nSPS) is 15.3. The number of nitrogen functional groups attached to an aromatic ring is 1. The molecule has 11 heteroatoms. The Morgan fingerprint density at radius 2 is 1.97 bits per heavy atom. The Labute approximate surface area is 185 Å². The van der Waals surface area contributed by atoms with Crippen LogP contribution < -0.4 is 22.0 Å². The summed E-state index contributed by atoms with van der Waals surface area (Å²) in [7, 11) is 0. The number of anilines is 1. The Bertz CT molecular complexity index is 881. The predicted molar refractivity (Wildman–Crippen MR) is 118 cm³/mol. The van der Waals surface area contributed by atoms with Gasteiger partial charge in [0.1, 0.15) is 16.3 Å². The van der Waals surface area contributed by atoms with E-state index >= 15 is 0 Å². The van der Waals surface area contributed by atoms with Gasteiger partial charge in [-0.15, -0.1) is 35.0 Å². The number of halogens is 2. The monoisotopic (exact) mass is 463 g/mol. The van der Waals surface area contributed by atoms with Gasteiger partial charge in [-0.25, -0.2) is 4.79 Å². The van der Waals surface area contributed by atoms with Gasteiger partial charge in [0.05, 0.1) is 6.04 Å². The van der Waals surface area contributed by atoms with E-state index in [1.165, 1.54) is 11.3 Å². The van der Waals surface area contributed by atoms with Crippen molar-refractivity contribution in [2.24, 2.45) is 5.92 Å². The van der Waals surface area contributed by atoms with Gasteiger partial charge in [-0.1, -0.05) is 25.2 Å². The van der Waals surface area contributed by atoms with Crippen molar-refractivity contribution >= 4 is 47.2 Å². The maximum Gasteiger partial charge on any atom is 0.349 e. The fourth-order valence-corrected chi connectivity index (χ4v) is 4.15. The topological polar surface area (TPSA) is 123 Å². The van der Waals surface area contributed by atoms with Crippen LogP contribution in [0.1, 0.15) is 65.3 Å². The van der Waals surface area contributed by atoms with Gasteiger partial charge in [0.25, 0.3) is 5.91 Å². The minimum Gasteiger partial charge on any atom is -0.427 e. The van der Waals surface area contributed by atoms with Gasteiger partial charge in [-0.3, -0.25) is 4.79 Å². The lowest BCUT2D eigenvalue weighted by Crippen LogP contribution is -2.35. The predicted octanol–water partition coefficient (Wildman–Crippen LogP) is 2.82. The molecule has 0 aliphatic carbocycles. The van der Waals surface area contributed by atoms with Crippen LogP contribution in [0.4, 0.5) is 5.13 Å². The summed E-state index contributed by atoms with van der Waals surface area (Å²) in [6.45, 7) is 7.48. The number of nitrogens with two attached hydrogens (primary N) is 1. The average Bonchev–Trinajstić information content (AvgIpc) is 3.05. The zero-order chi connectivity index (χ0) is 19.6. The highest BCUT2D eigenvalue weighted by molar-refractivity contribution is 7.15. The molecule has 8 nitrogen and oxygen atoms in total. The zero-order valence-electron chi connectivity index (χ0n) is 16.6. The van der Waals surface area contributed by atoms with Crippen LogP contribution in [0.15, 0.2) is 15.3 Å². The number of nitrogens with zero attached hydrogens (tertiary/aromatic N) is 2. The first kappa shape index (κ1) is 25.4. The molecular formula is C18H27Cl2N5O3S. The Morgan fingerprint density at radius 3 is 2.48 bits per heavy atom. The minimum atomic E-state index is -0.597. The SMILES string of the molecule is Cc1cc(C2CCNCC2)oc(=O)c1C(=O)NC(c1nnc(N)s1)C(C)C.Cl.Cl. The molecule has 2 aromatic heterocycles. The summed E-state index contributed by atoms with van der Waals surface area (Å²) in [4.78, 5) is 25.4. The number of hydrogen-bond acceptors (Lipinski definition) is 8. The number of carbonyl (C=O) groups excluding carboxylic acids is 1. The highest BCUT2D eigenvalue weighted by Crippen LogP contribution is 2.27. The van der Waals surface area contributed by atoms with Crippen LogP contribution in [-0.2, 0) is 0 Å². The van der Waals surface area contributed by atoms with Crippen LogP contribution in [0.5, 0.6) is 0 Å². The van der Waals surface area contributed by atoms with Crippen LogP contribution in [0.25, 0.3) is 0 Å². The molecule has 1 unspecified atom stereocenters. The van der Waals surface area contributed by atoms with Crippen molar-refractivity contribution in [2.45, 2.75) is 45.6 Å². The lowest BCUT2D eigenvalue weighted by Gasteiger charge is -2.22. The number of aryl methyl sites for hydroxylation is 1. The van der Waals surface area contributed by atoms with Crippen molar-refractivity contribution in [1.82, 2.24) is 20.8 Å². The Kier molecular flexibility index (Phi) is 9.54. The average molecular weight is 464 g/mol. The van der Waals surface area contributed by atoms with Crippen molar-refractivity contribution in [3.63, 3.8) is 0 Å². The first-order chi connectivity index (χ1) is 12.9. The third-order valence-electron chi connectivity index (χ3n) is 4.81. The summed E-state index contributed by atoms with van der Waals surface area (Å²) < 4.78 is 5.51. The van der Waals surface area contributed by atoms with E-state index in [0.717, 1.165) is 25.9 Å². The molecule has 162 valence electrons. The molecule has 1 fully saturated rings. The van der Waals surface area contributed by atoms with E-state index in [-0.39, 0.29) is 48.3 Å². The quantitative estimate of drug-likeness (QED) is 0.622. The Balaban J connectivity index is 0.00000210. The van der Waals surface area contributed by atoms with Crippen LogP contribution in [0, 0.1) is 12.8 Å². The summed E-state index contributed by atoms with van der Waals surface area (Å²) in [5, 5.41) is 15.0. The molecule has 2 aromatic rings. The smallest absolute Gasteiger partial charge is 0.349 e. The third-order valence-corrected chi connectivity index (χ3v) is 5.65. The molecule has 1 aliphatic heterocycles. The number of aromatic nitrogens is 2. The molecule has 1 amide bonds. The van der Waals surface area contributed by atoms with E-state index in [1.54, 1.807) is 6.92 Å². The van der Waals surface area contributed by atoms with E-state index < -0.39 is 11.5 Å². The number of hydrogen-bond donors (Lipinski definition) is 3. The largest absolute Gasteiger partial charge is 0.427 e.